The van der Waals surface area contributed by atoms with Crippen LogP contribution in [0.5, 0.6) is 5.75 Å². The number of nitrogens with one attached hydrogen (secondary N) is 2. The summed E-state index contributed by atoms with van der Waals surface area (Å²) in [6.07, 6.45) is 3.36. The van der Waals surface area contributed by atoms with Crippen molar-refractivity contribution in [1.82, 2.24) is 15.5 Å². The zero-order valence-corrected chi connectivity index (χ0v) is 17.9. The molecule has 29 heavy (non-hydrogen) atoms. The summed E-state index contributed by atoms with van der Waals surface area (Å²) >= 11 is 6.70. The van der Waals surface area contributed by atoms with Crippen LogP contribution < -0.4 is 15.4 Å². The van der Waals surface area contributed by atoms with Crippen LogP contribution in [0.15, 0.2) is 40.2 Å². The van der Waals surface area contributed by atoms with Crippen molar-refractivity contribution < 1.29 is 14.1 Å². The van der Waals surface area contributed by atoms with Gasteiger partial charge in [0.15, 0.2) is 16.6 Å². The highest BCUT2D eigenvalue weighted by molar-refractivity contribution is 7.80. The molecular weight excluding hydrogens is 408 g/mol. The number of thiocarbonyl (C=S) groups is 1. The van der Waals surface area contributed by atoms with Crippen LogP contribution in [-0.4, -0.2) is 27.8 Å². The van der Waals surface area contributed by atoms with Crippen LogP contribution in [0.1, 0.15) is 41.7 Å². The van der Waals surface area contributed by atoms with Gasteiger partial charge < -0.3 is 14.6 Å². The Bertz CT molecular complexity index is 966. The van der Waals surface area contributed by atoms with E-state index in [2.05, 4.69) is 27.7 Å². The maximum absolute atomic E-state index is 12.3. The molecular formula is C20H22N4O3S2. The fourth-order valence-electron chi connectivity index (χ4n) is 2.49. The lowest BCUT2D eigenvalue weighted by Gasteiger charge is -2.10. The van der Waals surface area contributed by atoms with Gasteiger partial charge in [0.1, 0.15) is 11.4 Å². The van der Waals surface area contributed by atoms with E-state index in [0.717, 1.165) is 35.7 Å². The molecule has 3 aromatic rings. The Labute approximate surface area is 178 Å². The minimum atomic E-state index is -0.458. The van der Waals surface area contributed by atoms with Crippen molar-refractivity contribution in [3.63, 3.8) is 0 Å². The Kier molecular flexibility index (Phi) is 7.31. The predicted molar refractivity (Wildman–Crippen MR) is 117 cm³/mol. The summed E-state index contributed by atoms with van der Waals surface area (Å²) in [5.74, 6) is 0.780. The van der Waals surface area contributed by atoms with E-state index in [1.54, 1.807) is 0 Å². The first-order valence-electron chi connectivity index (χ1n) is 9.29. The third-order valence-corrected chi connectivity index (χ3v) is 4.95. The van der Waals surface area contributed by atoms with E-state index >= 15 is 0 Å². The molecule has 7 nitrogen and oxygen atoms in total. The third-order valence-electron chi connectivity index (χ3n) is 3.97. The number of anilines is 1. The van der Waals surface area contributed by atoms with Gasteiger partial charge in [0, 0.05) is 17.1 Å². The molecule has 2 aromatic heterocycles. The predicted octanol–water partition coefficient (Wildman–Crippen LogP) is 4.80. The standard InChI is InChI=1S/C20H22N4O3S2/c1-3-4-5-10-26-15-8-6-14(7-9-15)22-20(28)23-19(25)16-11-18(27-24-16)17-12-29-13(2)21-17/h6-9,11-12H,3-5,10H2,1-2H3,(H2,22,23,25,28). The van der Waals surface area contributed by atoms with Crippen molar-refractivity contribution in [3.05, 3.63) is 46.4 Å². The van der Waals surface area contributed by atoms with E-state index in [9.17, 15) is 4.79 Å². The van der Waals surface area contributed by atoms with E-state index in [-0.39, 0.29) is 10.8 Å². The maximum atomic E-state index is 12.3. The first-order chi connectivity index (χ1) is 14.0. The minimum absolute atomic E-state index is 0.130. The van der Waals surface area contributed by atoms with E-state index in [0.29, 0.717) is 18.1 Å². The van der Waals surface area contributed by atoms with Crippen LogP contribution in [0.2, 0.25) is 0 Å². The Morgan fingerprint density at radius 1 is 1.28 bits per heavy atom. The van der Waals surface area contributed by atoms with Crippen LogP contribution in [0, 0.1) is 6.92 Å². The number of carbonyl (C=O) groups is 1. The van der Waals surface area contributed by atoms with Crippen LogP contribution in [0.25, 0.3) is 11.5 Å². The Morgan fingerprint density at radius 2 is 2.07 bits per heavy atom. The van der Waals surface area contributed by atoms with Crippen LogP contribution in [0.4, 0.5) is 5.69 Å². The molecule has 0 saturated heterocycles. The Balaban J connectivity index is 1.50. The average Bonchev–Trinajstić information content (AvgIpc) is 3.35. The summed E-state index contributed by atoms with van der Waals surface area (Å²) in [5.41, 5.74) is 1.53. The first kappa shape index (κ1) is 20.9. The second-order valence-corrected chi connectivity index (χ2v) is 7.79. The van der Waals surface area contributed by atoms with E-state index < -0.39 is 5.91 Å². The van der Waals surface area contributed by atoms with E-state index in [1.165, 1.54) is 17.4 Å². The number of hydrogen-bond acceptors (Lipinski definition) is 7. The van der Waals surface area contributed by atoms with Gasteiger partial charge in [-0.2, -0.15) is 0 Å². The highest BCUT2D eigenvalue weighted by Gasteiger charge is 2.16. The molecule has 0 aliphatic heterocycles. The number of aryl methyl sites for hydroxylation is 1. The number of hydrogen-bond donors (Lipinski definition) is 2. The SMILES string of the molecule is CCCCCOc1ccc(NC(=S)NC(=O)c2cc(-c3csc(C)n3)on2)cc1. The van der Waals surface area contributed by atoms with Gasteiger partial charge in [0.25, 0.3) is 5.91 Å². The topological polar surface area (TPSA) is 89.3 Å². The van der Waals surface area contributed by atoms with Gasteiger partial charge >= 0.3 is 0 Å². The second kappa shape index (κ2) is 10.1. The summed E-state index contributed by atoms with van der Waals surface area (Å²) in [6.45, 7) is 4.76. The third kappa shape index (κ3) is 6.10. The van der Waals surface area contributed by atoms with E-state index in [4.69, 9.17) is 21.5 Å². The molecule has 0 saturated carbocycles. The summed E-state index contributed by atoms with van der Waals surface area (Å²) in [6, 6.07) is 8.94. The fraction of sp³-hybridized carbons (Fsp3) is 0.300. The summed E-state index contributed by atoms with van der Waals surface area (Å²) in [7, 11) is 0. The molecule has 0 radical (unpaired) electrons. The van der Waals surface area contributed by atoms with Crippen LogP contribution in [0.3, 0.4) is 0 Å². The highest BCUT2D eigenvalue weighted by Crippen LogP contribution is 2.22. The quantitative estimate of drug-likeness (QED) is 0.392. The zero-order valence-electron chi connectivity index (χ0n) is 16.2. The van der Waals surface area contributed by atoms with Gasteiger partial charge in [-0.1, -0.05) is 24.9 Å². The molecule has 3 rings (SSSR count). The number of unbranched alkanes of at least 4 members (excludes halogenated alkanes) is 2. The molecule has 0 atom stereocenters. The maximum Gasteiger partial charge on any atom is 0.279 e. The fourth-order valence-corrected chi connectivity index (χ4v) is 3.30. The molecule has 0 bridgehead atoms. The van der Waals surface area contributed by atoms with Crippen molar-refractivity contribution in [2.45, 2.75) is 33.1 Å². The number of benzene rings is 1. The van der Waals surface area contributed by atoms with Gasteiger partial charge in [0.05, 0.1) is 11.6 Å². The minimum Gasteiger partial charge on any atom is -0.494 e. The van der Waals surface area contributed by atoms with Gasteiger partial charge in [-0.05, 0) is 49.8 Å². The number of thiazole rings is 1. The van der Waals surface area contributed by atoms with Gasteiger partial charge in [0.2, 0.25) is 0 Å². The average molecular weight is 431 g/mol. The number of aromatic nitrogens is 2. The molecule has 9 heteroatoms. The van der Waals surface area contributed by atoms with Crippen molar-refractivity contribution in [2.24, 2.45) is 0 Å². The summed E-state index contributed by atoms with van der Waals surface area (Å²) in [5, 5.41) is 12.3. The molecule has 2 heterocycles. The van der Waals surface area contributed by atoms with Crippen molar-refractivity contribution in [2.75, 3.05) is 11.9 Å². The molecule has 152 valence electrons. The Hall–Kier alpha value is -2.78. The van der Waals surface area contributed by atoms with E-state index in [1.807, 2.05) is 36.6 Å². The summed E-state index contributed by atoms with van der Waals surface area (Å²) in [4.78, 5) is 16.6. The highest BCUT2D eigenvalue weighted by atomic mass is 32.1. The van der Waals surface area contributed by atoms with Gasteiger partial charge in [-0.25, -0.2) is 4.98 Å². The molecule has 0 fully saturated rings. The lowest BCUT2D eigenvalue weighted by molar-refractivity contribution is 0.0969. The van der Waals surface area contributed by atoms with Gasteiger partial charge in [-0.15, -0.1) is 11.3 Å². The van der Waals surface area contributed by atoms with Crippen LogP contribution >= 0.6 is 23.6 Å². The number of rotatable bonds is 8. The monoisotopic (exact) mass is 430 g/mol. The number of amides is 1. The zero-order chi connectivity index (χ0) is 20.6. The van der Waals surface area contributed by atoms with Crippen molar-refractivity contribution in [1.29, 1.82) is 0 Å². The number of ether oxygens (including phenoxy) is 1. The van der Waals surface area contributed by atoms with Crippen molar-refractivity contribution >= 4 is 40.3 Å². The lowest BCUT2D eigenvalue weighted by atomic mass is 10.2. The van der Waals surface area contributed by atoms with Crippen LogP contribution in [-0.2, 0) is 0 Å². The second-order valence-electron chi connectivity index (χ2n) is 6.32. The molecule has 0 unspecified atom stereocenters. The number of nitrogens with zero attached hydrogens (tertiary/aromatic N) is 2. The van der Waals surface area contributed by atoms with Gasteiger partial charge in [-0.3, -0.25) is 10.1 Å². The molecule has 1 amide bonds. The number of carbonyl (C=O) groups excluding carboxylic acids is 1. The molecule has 0 aliphatic carbocycles. The first-order valence-corrected chi connectivity index (χ1v) is 10.6. The Morgan fingerprint density at radius 3 is 2.76 bits per heavy atom. The molecule has 1 aromatic carbocycles. The molecule has 2 N–H and O–H groups in total. The molecule has 0 spiro atoms. The summed E-state index contributed by atoms with van der Waals surface area (Å²) < 4.78 is 10.9. The normalized spacial score (nSPS) is 10.6. The molecule has 0 aliphatic rings. The lowest BCUT2D eigenvalue weighted by Crippen LogP contribution is -2.34. The van der Waals surface area contributed by atoms with Crippen molar-refractivity contribution in [3.8, 4) is 17.2 Å². The smallest absolute Gasteiger partial charge is 0.279 e. The largest absolute Gasteiger partial charge is 0.494 e.